The summed E-state index contributed by atoms with van der Waals surface area (Å²) in [5.41, 5.74) is 2.72. The fraction of sp³-hybridized carbons (Fsp3) is 0.500. The molecule has 1 saturated heterocycles. The zero-order chi connectivity index (χ0) is 22.4. The molecule has 6 rings (SSSR count). The van der Waals surface area contributed by atoms with Gasteiger partial charge in [0, 0.05) is 31.2 Å². The first-order valence-electron chi connectivity index (χ1n) is 12.1. The number of anilines is 1. The fourth-order valence-corrected chi connectivity index (χ4v) is 6.18. The summed E-state index contributed by atoms with van der Waals surface area (Å²) in [6, 6.07) is 7.42. The molecule has 2 bridgehead atoms. The van der Waals surface area contributed by atoms with Crippen molar-refractivity contribution in [2.24, 2.45) is 29.1 Å². The maximum absolute atomic E-state index is 12.7. The van der Waals surface area contributed by atoms with Gasteiger partial charge in [-0.05, 0) is 79.5 Å². The molecule has 1 spiro atoms. The van der Waals surface area contributed by atoms with Crippen LogP contribution in [0.15, 0.2) is 48.8 Å². The van der Waals surface area contributed by atoms with E-state index in [2.05, 4.69) is 27.9 Å². The van der Waals surface area contributed by atoms with E-state index in [0.29, 0.717) is 41.7 Å². The number of carbonyl (C=O) groups excluding carboxylic acids is 2. The molecule has 172 valence electrons. The van der Waals surface area contributed by atoms with Gasteiger partial charge in [-0.2, -0.15) is 5.10 Å². The van der Waals surface area contributed by atoms with Crippen molar-refractivity contribution >= 4 is 17.5 Å². The van der Waals surface area contributed by atoms with Crippen molar-refractivity contribution in [2.75, 3.05) is 25.1 Å². The Bertz CT molecular complexity index is 1080. The molecular weight excluding hydrogens is 416 g/mol. The molecule has 1 aromatic heterocycles. The van der Waals surface area contributed by atoms with Crippen LogP contribution in [0.25, 0.3) is 5.69 Å². The van der Waals surface area contributed by atoms with Crippen LogP contribution in [0.3, 0.4) is 0 Å². The van der Waals surface area contributed by atoms with E-state index < -0.39 is 0 Å². The summed E-state index contributed by atoms with van der Waals surface area (Å²) < 4.78 is 7.03. The first-order valence-corrected chi connectivity index (χ1v) is 12.1. The molecule has 2 aromatic rings. The third kappa shape index (κ3) is 3.78. The van der Waals surface area contributed by atoms with Gasteiger partial charge in [-0.25, -0.2) is 4.68 Å². The molecule has 4 aliphatic rings. The molecule has 3 atom stereocenters. The molecule has 1 aliphatic heterocycles. The van der Waals surface area contributed by atoms with Gasteiger partial charge in [0.05, 0.1) is 23.8 Å². The molecule has 3 fully saturated rings. The Labute approximate surface area is 193 Å². The number of nitrogens with one attached hydrogen (secondary N) is 2. The molecular formula is C26H30N4O3. The predicted octanol–water partition coefficient (Wildman–Crippen LogP) is 3.57. The van der Waals surface area contributed by atoms with Crippen LogP contribution >= 0.6 is 0 Å². The van der Waals surface area contributed by atoms with Crippen LogP contribution in [0.2, 0.25) is 0 Å². The Morgan fingerprint density at radius 3 is 2.64 bits per heavy atom. The van der Waals surface area contributed by atoms with Crippen LogP contribution in [0, 0.1) is 29.1 Å². The fourth-order valence-electron chi connectivity index (χ4n) is 6.18. The summed E-state index contributed by atoms with van der Waals surface area (Å²) in [4.78, 5) is 25.1. The average molecular weight is 447 g/mol. The van der Waals surface area contributed by atoms with Gasteiger partial charge in [0.1, 0.15) is 0 Å². The summed E-state index contributed by atoms with van der Waals surface area (Å²) in [5, 5.41) is 10.5. The standard InChI is InChI=1S/C26H30N4O3/c31-24(27-14-19-13-20-3-6-23(19)26(20)9-10-26)17-1-4-22(5-2-17)30-16-21(15-28-30)29-25(32)18-7-11-33-12-8-18/h1-6,15-16,18-20,23H,7-14H2,(H,27,31)(H,29,32)/t19-,20-,23-/m0/s1. The zero-order valence-corrected chi connectivity index (χ0v) is 18.7. The van der Waals surface area contributed by atoms with Gasteiger partial charge in [0.2, 0.25) is 5.91 Å². The van der Waals surface area contributed by atoms with Crippen molar-refractivity contribution in [1.82, 2.24) is 15.1 Å². The predicted molar refractivity (Wildman–Crippen MR) is 124 cm³/mol. The van der Waals surface area contributed by atoms with Crippen LogP contribution in [0.4, 0.5) is 5.69 Å². The Morgan fingerprint density at radius 1 is 1.12 bits per heavy atom. The second-order valence-electron chi connectivity index (χ2n) is 10.1. The van der Waals surface area contributed by atoms with E-state index >= 15 is 0 Å². The maximum Gasteiger partial charge on any atom is 0.251 e. The third-order valence-corrected chi connectivity index (χ3v) is 8.21. The molecule has 2 saturated carbocycles. The maximum atomic E-state index is 12.7. The highest BCUT2D eigenvalue weighted by atomic mass is 16.5. The molecule has 2 amide bonds. The van der Waals surface area contributed by atoms with Crippen molar-refractivity contribution in [3.8, 4) is 5.69 Å². The lowest BCUT2D eigenvalue weighted by Crippen LogP contribution is -2.31. The number of benzene rings is 1. The van der Waals surface area contributed by atoms with Gasteiger partial charge in [0.15, 0.2) is 0 Å². The Hall–Kier alpha value is -2.93. The number of amides is 2. The SMILES string of the molecule is O=C(NC[C@@H]1C[C@@H]2C=C[C@@H]1C21CC1)c1ccc(-n2cc(NC(=O)C3CCOCC3)cn2)cc1. The first kappa shape index (κ1) is 20.7. The van der Waals surface area contributed by atoms with Gasteiger partial charge < -0.3 is 15.4 Å². The second kappa shape index (κ2) is 8.13. The van der Waals surface area contributed by atoms with Crippen molar-refractivity contribution in [1.29, 1.82) is 0 Å². The minimum absolute atomic E-state index is 0.00913. The lowest BCUT2D eigenvalue weighted by Gasteiger charge is -2.20. The molecule has 33 heavy (non-hydrogen) atoms. The smallest absolute Gasteiger partial charge is 0.251 e. The topological polar surface area (TPSA) is 85.2 Å². The van der Waals surface area contributed by atoms with E-state index in [-0.39, 0.29) is 17.7 Å². The number of aromatic nitrogens is 2. The summed E-state index contributed by atoms with van der Waals surface area (Å²) >= 11 is 0. The molecule has 0 unspecified atom stereocenters. The minimum Gasteiger partial charge on any atom is -0.381 e. The molecule has 1 aromatic carbocycles. The van der Waals surface area contributed by atoms with Crippen molar-refractivity contribution in [3.63, 3.8) is 0 Å². The van der Waals surface area contributed by atoms with Crippen molar-refractivity contribution in [2.45, 2.75) is 32.1 Å². The largest absolute Gasteiger partial charge is 0.381 e. The number of carbonyl (C=O) groups is 2. The van der Waals surface area contributed by atoms with E-state index in [1.165, 1.54) is 19.3 Å². The van der Waals surface area contributed by atoms with E-state index in [9.17, 15) is 9.59 Å². The highest BCUT2D eigenvalue weighted by Gasteiger charge is 2.62. The van der Waals surface area contributed by atoms with Crippen LogP contribution in [-0.4, -0.2) is 41.4 Å². The Balaban J connectivity index is 1.04. The van der Waals surface area contributed by atoms with E-state index in [1.807, 2.05) is 24.3 Å². The Morgan fingerprint density at radius 2 is 1.91 bits per heavy atom. The average Bonchev–Trinajstić information content (AvgIpc) is 3.29. The highest BCUT2D eigenvalue weighted by Crippen LogP contribution is 2.69. The van der Waals surface area contributed by atoms with Gasteiger partial charge in [-0.3, -0.25) is 9.59 Å². The third-order valence-electron chi connectivity index (χ3n) is 8.21. The number of hydrogen-bond donors (Lipinski definition) is 2. The minimum atomic E-state index is -0.0250. The molecule has 0 radical (unpaired) electrons. The number of hydrogen-bond acceptors (Lipinski definition) is 4. The zero-order valence-electron chi connectivity index (χ0n) is 18.7. The normalized spacial score (nSPS) is 27.1. The molecule has 7 heteroatoms. The molecule has 7 nitrogen and oxygen atoms in total. The van der Waals surface area contributed by atoms with E-state index in [4.69, 9.17) is 4.74 Å². The summed E-state index contributed by atoms with van der Waals surface area (Å²) in [6.07, 6.45) is 13.7. The number of allylic oxidation sites excluding steroid dienone is 2. The quantitative estimate of drug-likeness (QED) is 0.665. The number of ether oxygens (including phenoxy) is 1. The lowest BCUT2D eigenvalue weighted by atomic mass is 9.89. The van der Waals surface area contributed by atoms with Crippen LogP contribution in [-0.2, 0) is 9.53 Å². The molecule has 2 heterocycles. The van der Waals surface area contributed by atoms with Gasteiger partial charge in [-0.15, -0.1) is 0 Å². The first-order chi connectivity index (χ1) is 16.1. The van der Waals surface area contributed by atoms with E-state index in [0.717, 1.165) is 31.0 Å². The Kier molecular flexibility index (Phi) is 5.09. The van der Waals surface area contributed by atoms with Gasteiger partial charge in [-0.1, -0.05) is 12.2 Å². The van der Waals surface area contributed by atoms with Crippen LogP contribution in [0.5, 0.6) is 0 Å². The van der Waals surface area contributed by atoms with E-state index in [1.54, 1.807) is 17.1 Å². The summed E-state index contributed by atoms with van der Waals surface area (Å²) in [5.74, 6) is 1.96. The van der Waals surface area contributed by atoms with Crippen molar-refractivity contribution < 1.29 is 14.3 Å². The summed E-state index contributed by atoms with van der Waals surface area (Å²) in [6.45, 7) is 2.02. The van der Waals surface area contributed by atoms with Gasteiger partial charge >= 0.3 is 0 Å². The highest BCUT2D eigenvalue weighted by molar-refractivity contribution is 5.94. The number of nitrogens with zero attached hydrogens (tertiary/aromatic N) is 2. The van der Waals surface area contributed by atoms with Crippen LogP contribution < -0.4 is 10.6 Å². The van der Waals surface area contributed by atoms with Crippen molar-refractivity contribution in [3.05, 3.63) is 54.4 Å². The van der Waals surface area contributed by atoms with Crippen LogP contribution in [0.1, 0.15) is 42.5 Å². The molecule has 2 N–H and O–H groups in total. The monoisotopic (exact) mass is 446 g/mol. The summed E-state index contributed by atoms with van der Waals surface area (Å²) in [7, 11) is 0. The second-order valence-corrected chi connectivity index (χ2v) is 10.1. The van der Waals surface area contributed by atoms with Gasteiger partial charge in [0.25, 0.3) is 5.91 Å². The number of rotatable bonds is 6. The lowest BCUT2D eigenvalue weighted by molar-refractivity contribution is -0.122. The molecule has 3 aliphatic carbocycles.